The summed E-state index contributed by atoms with van der Waals surface area (Å²) in [7, 11) is 0. The van der Waals surface area contributed by atoms with Gasteiger partial charge in [0.2, 0.25) is 0 Å². The van der Waals surface area contributed by atoms with Gasteiger partial charge >= 0.3 is 0 Å². The van der Waals surface area contributed by atoms with E-state index in [2.05, 4.69) is 10.2 Å². The number of hydrogen-bond acceptors (Lipinski definition) is 5. The van der Waals surface area contributed by atoms with Crippen LogP contribution in [0.2, 0.25) is 0 Å². The quantitative estimate of drug-likeness (QED) is 0.717. The predicted octanol–water partition coefficient (Wildman–Crippen LogP) is 0.279. The zero-order valence-electron chi connectivity index (χ0n) is 7.31. The van der Waals surface area contributed by atoms with Crippen LogP contribution in [0.3, 0.4) is 0 Å². The SMILES string of the molecule is NCC1(c2nncs2)CCCC1O. The summed E-state index contributed by atoms with van der Waals surface area (Å²) in [5.41, 5.74) is 7.12. The molecule has 2 rings (SSSR count). The van der Waals surface area contributed by atoms with Gasteiger partial charge in [-0.2, -0.15) is 0 Å². The summed E-state index contributed by atoms with van der Waals surface area (Å²) in [6.07, 6.45) is 2.44. The number of aliphatic hydroxyl groups excluding tert-OH is 1. The van der Waals surface area contributed by atoms with Crippen molar-refractivity contribution in [3.8, 4) is 0 Å². The lowest BCUT2D eigenvalue weighted by Crippen LogP contribution is -2.41. The summed E-state index contributed by atoms with van der Waals surface area (Å²) < 4.78 is 0. The molecule has 0 spiro atoms. The monoisotopic (exact) mass is 199 g/mol. The lowest BCUT2D eigenvalue weighted by Gasteiger charge is -2.27. The van der Waals surface area contributed by atoms with E-state index in [0.717, 1.165) is 24.3 Å². The van der Waals surface area contributed by atoms with Crippen LogP contribution in [0.25, 0.3) is 0 Å². The molecule has 1 aliphatic rings. The third-order valence-corrected chi connectivity index (χ3v) is 3.80. The zero-order valence-corrected chi connectivity index (χ0v) is 8.13. The highest BCUT2D eigenvalue weighted by molar-refractivity contribution is 7.09. The summed E-state index contributed by atoms with van der Waals surface area (Å²) in [4.78, 5) is 0. The number of nitrogens with two attached hydrogens (primary N) is 1. The molecule has 72 valence electrons. The van der Waals surface area contributed by atoms with Crippen LogP contribution in [0.5, 0.6) is 0 Å². The second-order valence-corrected chi connectivity index (χ2v) is 4.35. The molecule has 1 aliphatic carbocycles. The van der Waals surface area contributed by atoms with Crippen LogP contribution in [0, 0.1) is 0 Å². The van der Waals surface area contributed by atoms with E-state index in [1.54, 1.807) is 5.51 Å². The van der Waals surface area contributed by atoms with Crippen molar-refractivity contribution in [2.75, 3.05) is 6.54 Å². The number of hydrogen-bond donors (Lipinski definition) is 2. The Labute approximate surface area is 80.8 Å². The molecule has 1 aromatic heterocycles. The third kappa shape index (κ3) is 1.27. The van der Waals surface area contributed by atoms with Gasteiger partial charge in [-0.25, -0.2) is 0 Å². The number of rotatable bonds is 2. The average molecular weight is 199 g/mol. The molecule has 0 amide bonds. The lowest BCUT2D eigenvalue weighted by atomic mass is 9.85. The van der Waals surface area contributed by atoms with Gasteiger partial charge in [-0.1, -0.05) is 0 Å². The third-order valence-electron chi connectivity index (χ3n) is 2.89. The highest BCUT2D eigenvalue weighted by Crippen LogP contribution is 2.40. The molecule has 1 fully saturated rings. The van der Waals surface area contributed by atoms with Crippen molar-refractivity contribution in [2.24, 2.45) is 5.73 Å². The van der Waals surface area contributed by atoms with Gasteiger partial charge in [0.1, 0.15) is 10.5 Å². The lowest BCUT2D eigenvalue weighted by molar-refractivity contribution is 0.110. The first-order valence-corrected chi connectivity index (χ1v) is 5.32. The van der Waals surface area contributed by atoms with E-state index in [9.17, 15) is 5.11 Å². The molecule has 4 nitrogen and oxygen atoms in total. The Morgan fingerprint density at radius 2 is 2.62 bits per heavy atom. The summed E-state index contributed by atoms with van der Waals surface area (Å²) in [6.45, 7) is 0.462. The fourth-order valence-electron chi connectivity index (χ4n) is 2.02. The Balaban J connectivity index is 2.35. The van der Waals surface area contributed by atoms with Crippen molar-refractivity contribution in [3.05, 3.63) is 10.5 Å². The van der Waals surface area contributed by atoms with Gasteiger partial charge in [-0.05, 0) is 19.3 Å². The highest BCUT2D eigenvalue weighted by Gasteiger charge is 2.44. The zero-order chi connectivity index (χ0) is 9.31. The van der Waals surface area contributed by atoms with Crippen LogP contribution < -0.4 is 5.73 Å². The van der Waals surface area contributed by atoms with E-state index in [4.69, 9.17) is 5.73 Å². The normalized spacial score (nSPS) is 33.8. The van der Waals surface area contributed by atoms with Gasteiger partial charge in [-0.3, -0.25) is 0 Å². The van der Waals surface area contributed by atoms with Gasteiger partial charge in [0.25, 0.3) is 0 Å². The van der Waals surface area contributed by atoms with Crippen molar-refractivity contribution >= 4 is 11.3 Å². The van der Waals surface area contributed by atoms with Crippen molar-refractivity contribution in [1.82, 2.24) is 10.2 Å². The maximum atomic E-state index is 9.87. The largest absolute Gasteiger partial charge is 0.392 e. The maximum absolute atomic E-state index is 9.87. The number of nitrogens with zero attached hydrogens (tertiary/aromatic N) is 2. The second kappa shape index (κ2) is 3.32. The molecular weight excluding hydrogens is 186 g/mol. The molecule has 1 saturated carbocycles. The fourth-order valence-corrected chi connectivity index (χ4v) is 2.86. The van der Waals surface area contributed by atoms with Crippen LogP contribution >= 0.6 is 11.3 Å². The van der Waals surface area contributed by atoms with Crippen LogP contribution in [-0.4, -0.2) is 28.0 Å². The summed E-state index contributed by atoms with van der Waals surface area (Å²) >= 11 is 1.49. The van der Waals surface area contributed by atoms with E-state index in [1.165, 1.54) is 11.3 Å². The molecule has 13 heavy (non-hydrogen) atoms. The van der Waals surface area contributed by atoms with Crippen LogP contribution in [0.15, 0.2) is 5.51 Å². The molecule has 1 heterocycles. The van der Waals surface area contributed by atoms with Crippen molar-refractivity contribution in [2.45, 2.75) is 30.8 Å². The Morgan fingerprint density at radius 1 is 1.77 bits per heavy atom. The number of aromatic nitrogens is 2. The molecule has 2 atom stereocenters. The van der Waals surface area contributed by atoms with Crippen molar-refractivity contribution < 1.29 is 5.11 Å². The van der Waals surface area contributed by atoms with Gasteiger partial charge < -0.3 is 10.8 Å². The van der Waals surface area contributed by atoms with E-state index < -0.39 is 0 Å². The fraction of sp³-hybridized carbons (Fsp3) is 0.750. The first-order chi connectivity index (χ1) is 6.29. The Kier molecular flexibility index (Phi) is 2.31. The maximum Gasteiger partial charge on any atom is 0.127 e. The predicted molar refractivity (Wildman–Crippen MR) is 50.5 cm³/mol. The topological polar surface area (TPSA) is 72.0 Å². The first kappa shape index (κ1) is 9.05. The van der Waals surface area contributed by atoms with Gasteiger partial charge in [0, 0.05) is 6.54 Å². The minimum Gasteiger partial charge on any atom is -0.392 e. The van der Waals surface area contributed by atoms with Crippen molar-refractivity contribution in [1.29, 1.82) is 0 Å². The first-order valence-electron chi connectivity index (χ1n) is 4.44. The Morgan fingerprint density at radius 3 is 3.08 bits per heavy atom. The molecule has 0 aromatic carbocycles. The van der Waals surface area contributed by atoms with E-state index >= 15 is 0 Å². The molecule has 5 heteroatoms. The summed E-state index contributed by atoms with van der Waals surface area (Å²) in [6, 6.07) is 0. The molecule has 3 N–H and O–H groups in total. The molecule has 0 bridgehead atoms. The van der Waals surface area contributed by atoms with E-state index in [-0.39, 0.29) is 11.5 Å². The minimum absolute atomic E-state index is 0.304. The summed E-state index contributed by atoms with van der Waals surface area (Å²) in [5, 5.41) is 18.6. The van der Waals surface area contributed by atoms with Crippen LogP contribution in [-0.2, 0) is 5.41 Å². The summed E-state index contributed by atoms with van der Waals surface area (Å²) in [5.74, 6) is 0. The molecule has 2 unspecified atom stereocenters. The molecule has 0 aliphatic heterocycles. The second-order valence-electron chi connectivity index (χ2n) is 3.51. The van der Waals surface area contributed by atoms with E-state index in [0.29, 0.717) is 6.54 Å². The van der Waals surface area contributed by atoms with Gasteiger partial charge in [-0.15, -0.1) is 21.5 Å². The van der Waals surface area contributed by atoms with Gasteiger partial charge in [0.15, 0.2) is 0 Å². The highest BCUT2D eigenvalue weighted by atomic mass is 32.1. The number of aliphatic hydroxyl groups is 1. The molecule has 0 radical (unpaired) electrons. The molecule has 1 aromatic rings. The molecular formula is C8H13N3OS. The van der Waals surface area contributed by atoms with Gasteiger partial charge in [0.05, 0.1) is 11.5 Å². The molecule has 0 saturated heterocycles. The van der Waals surface area contributed by atoms with E-state index in [1.807, 2.05) is 0 Å². The standard InChI is InChI=1S/C8H13N3OS/c9-4-8(3-1-2-6(8)12)7-11-10-5-13-7/h5-6,12H,1-4,9H2. The smallest absolute Gasteiger partial charge is 0.127 e. The minimum atomic E-state index is -0.342. The van der Waals surface area contributed by atoms with Crippen LogP contribution in [0.4, 0.5) is 0 Å². The average Bonchev–Trinajstić information content (AvgIpc) is 2.73. The Bertz CT molecular complexity index is 277. The van der Waals surface area contributed by atoms with Crippen molar-refractivity contribution in [3.63, 3.8) is 0 Å². The Hall–Kier alpha value is -0.520. The van der Waals surface area contributed by atoms with Crippen LogP contribution in [0.1, 0.15) is 24.3 Å².